The number of hydrogen-bond donors (Lipinski definition) is 2. The third kappa shape index (κ3) is 5.06. The molecule has 0 radical (unpaired) electrons. The van der Waals surface area contributed by atoms with Crippen LogP contribution in [-0.4, -0.2) is 55.2 Å². The van der Waals surface area contributed by atoms with Gasteiger partial charge in [0.05, 0.1) is 32.3 Å². The highest BCUT2D eigenvalue weighted by molar-refractivity contribution is 6.06. The van der Waals surface area contributed by atoms with E-state index in [1.165, 1.54) is 14.2 Å². The van der Waals surface area contributed by atoms with Crippen molar-refractivity contribution in [3.8, 4) is 11.5 Å². The van der Waals surface area contributed by atoms with Gasteiger partial charge in [-0.15, -0.1) is 0 Å². The molecule has 0 atom stereocenters. The van der Waals surface area contributed by atoms with Gasteiger partial charge >= 0.3 is 0 Å². The first-order valence-electron chi connectivity index (χ1n) is 9.59. The second-order valence-electron chi connectivity index (χ2n) is 6.98. The van der Waals surface area contributed by atoms with E-state index in [0.29, 0.717) is 55.1 Å². The maximum Gasteiger partial charge on any atom is 0.259 e. The number of likely N-dealkylation sites (tertiary alicyclic amines) is 1. The number of nitrogens with zero attached hydrogens (tertiary/aromatic N) is 1. The van der Waals surface area contributed by atoms with Crippen LogP contribution < -0.4 is 14.8 Å². The van der Waals surface area contributed by atoms with Gasteiger partial charge in [-0.3, -0.25) is 9.59 Å². The van der Waals surface area contributed by atoms with Gasteiger partial charge in [-0.25, -0.2) is 0 Å². The number of nitrogens with one attached hydrogen (secondary N) is 1. The van der Waals surface area contributed by atoms with E-state index in [1.54, 1.807) is 35.2 Å². The molecule has 2 aromatic rings. The molecule has 2 aromatic carbocycles. The molecule has 154 valence electrons. The van der Waals surface area contributed by atoms with E-state index in [4.69, 9.17) is 9.47 Å². The molecule has 0 spiro atoms. The van der Waals surface area contributed by atoms with Crippen LogP contribution in [-0.2, 0) is 11.2 Å². The molecular formula is C22H26N2O5. The van der Waals surface area contributed by atoms with Gasteiger partial charge in [0.2, 0.25) is 5.91 Å². The van der Waals surface area contributed by atoms with Gasteiger partial charge in [-0.2, -0.15) is 0 Å². The normalized spacial score (nSPS) is 14.4. The number of carbonyl (C=O) groups excluding carboxylic acids is 2. The summed E-state index contributed by atoms with van der Waals surface area (Å²) in [5.41, 5.74) is 1.87. The van der Waals surface area contributed by atoms with E-state index in [1.807, 2.05) is 12.1 Å². The minimum Gasteiger partial charge on any atom is -0.493 e. The van der Waals surface area contributed by atoms with Crippen molar-refractivity contribution in [2.45, 2.75) is 25.4 Å². The van der Waals surface area contributed by atoms with Crippen molar-refractivity contribution in [3.05, 3.63) is 53.6 Å². The zero-order valence-corrected chi connectivity index (χ0v) is 16.7. The summed E-state index contributed by atoms with van der Waals surface area (Å²) in [6.45, 7) is 1.19. The van der Waals surface area contributed by atoms with Gasteiger partial charge in [0, 0.05) is 18.8 Å². The van der Waals surface area contributed by atoms with Crippen LogP contribution in [0, 0.1) is 0 Å². The lowest BCUT2D eigenvalue weighted by Crippen LogP contribution is -2.40. The fraction of sp³-hybridized carbons (Fsp3) is 0.364. The number of benzene rings is 2. The number of methoxy groups -OCH3 is 2. The number of hydrogen-bond acceptors (Lipinski definition) is 5. The summed E-state index contributed by atoms with van der Waals surface area (Å²) in [4.78, 5) is 26.8. The molecule has 7 heteroatoms. The summed E-state index contributed by atoms with van der Waals surface area (Å²) < 4.78 is 10.5. The van der Waals surface area contributed by atoms with Gasteiger partial charge in [0.1, 0.15) is 0 Å². The van der Waals surface area contributed by atoms with Gasteiger partial charge < -0.3 is 24.8 Å². The van der Waals surface area contributed by atoms with E-state index in [9.17, 15) is 14.7 Å². The molecule has 0 bridgehead atoms. The summed E-state index contributed by atoms with van der Waals surface area (Å²) in [5.74, 6) is 0.604. The van der Waals surface area contributed by atoms with Gasteiger partial charge in [0.25, 0.3) is 5.91 Å². The van der Waals surface area contributed by atoms with Crippen molar-refractivity contribution in [1.29, 1.82) is 0 Å². The molecule has 2 amide bonds. The second-order valence-corrected chi connectivity index (χ2v) is 6.98. The number of ether oxygens (including phenoxy) is 2. The Morgan fingerprint density at radius 3 is 2.38 bits per heavy atom. The first-order valence-corrected chi connectivity index (χ1v) is 9.59. The lowest BCUT2D eigenvalue weighted by Gasteiger charge is -2.29. The van der Waals surface area contributed by atoms with Crippen molar-refractivity contribution in [2.75, 3.05) is 32.6 Å². The van der Waals surface area contributed by atoms with E-state index in [0.717, 1.165) is 5.56 Å². The van der Waals surface area contributed by atoms with Crippen molar-refractivity contribution >= 4 is 17.5 Å². The molecule has 1 aliphatic heterocycles. The maximum atomic E-state index is 12.6. The average molecular weight is 398 g/mol. The first kappa shape index (κ1) is 20.7. The molecule has 2 N–H and O–H groups in total. The van der Waals surface area contributed by atoms with E-state index in [-0.39, 0.29) is 17.9 Å². The summed E-state index contributed by atoms with van der Waals surface area (Å²) in [6, 6.07) is 12.3. The summed E-state index contributed by atoms with van der Waals surface area (Å²) in [6.07, 6.45) is 1.26. The number of para-hydroxylation sites is 1. The monoisotopic (exact) mass is 398 g/mol. The van der Waals surface area contributed by atoms with E-state index < -0.39 is 0 Å². The molecular weight excluding hydrogens is 372 g/mol. The highest BCUT2D eigenvalue weighted by Gasteiger charge is 2.21. The summed E-state index contributed by atoms with van der Waals surface area (Å²) in [7, 11) is 3.01. The molecule has 0 aliphatic carbocycles. The molecule has 1 aliphatic rings. The first-order chi connectivity index (χ1) is 14.0. The molecule has 29 heavy (non-hydrogen) atoms. The Balaban J connectivity index is 1.62. The fourth-order valence-electron chi connectivity index (χ4n) is 3.37. The molecule has 0 saturated carbocycles. The topological polar surface area (TPSA) is 88.1 Å². The lowest BCUT2D eigenvalue weighted by atomic mass is 10.1. The zero-order valence-electron chi connectivity index (χ0n) is 16.7. The predicted molar refractivity (Wildman–Crippen MR) is 109 cm³/mol. The van der Waals surface area contributed by atoms with Crippen LogP contribution in [0.15, 0.2) is 42.5 Å². The molecule has 7 nitrogen and oxygen atoms in total. The highest BCUT2D eigenvalue weighted by atomic mass is 16.5. The van der Waals surface area contributed by atoms with Crippen LogP contribution in [0.25, 0.3) is 0 Å². The lowest BCUT2D eigenvalue weighted by molar-refractivity contribution is -0.132. The Hall–Kier alpha value is -3.06. The summed E-state index contributed by atoms with van der Waals surface area (Å²) >= 11 is 0. The summed E-state index contributed by atoms with van der Waals surface area (Å²) in [5, 5.41) is 12.4. The molecule has 1 saturated heterocycles. The number of rotatable bonds is 6. The largest absolute Gasteiger partial charge is 0.493 e. The van der Waals surface area contributed by atoms with Crippen LogP contribution in [0.4, 0.5) is 5.69 Å². The number of amides is 2. The van der Waals surface area contributed by atoms with Crippen LogP contribution in [0.5, 0.6) is 11.5 Å². The Labute approximate surface area is 170 Å². The number of aliphatic hydroxyl groups is 1. The van der Waals surface area contributed by atoms with Crippen molar-refractivity contribution < 1.29 is 24.2 Å². The molecule has 3 rings (SSSR count). The van der Waals surface area contributed by atoms with Crippen molar-refractivity contribution in [3.63, 3.8) is 0 Å². The third-order valence-corrected chi connectivity index (χ3v) is 5.03. The van der Waals surface area contributed by atoms with Gasteiger partial charge in [0.15, 0.2) is 11.5 Å². The van der Waals surface area contributed by atoms with Crippen LogP contribution >= 0.6 is 0 Å². The van der Waals surface area contributed by atoms with Crippen LogP contribution in [0.2, 0.25) is 0 Å². The minimum atomic E-state index is -0.309. The number of anilines is 1. The molecule has 1 heterocycles. The smallest absolute Gasteiger partial charge is 0.259 e. The Bertz CT molecular complexity index is 858. The molecule has 0 unspecified atom stereocenters. The Kier molecular flexibility index (Phi) is 6.72. The Morgan fingerprint density at radius 2 is 1.76 bits per heavy atom. The number of aliphatic hydroxyl groups excluding tert-OH is 1. The quantitative estimate of drug-likeness (QED) is 0.781. The molecule has 0 aromatic heterocycles. The maximum absolute atomic E-state index is 12.6. The van der Waals surface area contributed by atoms with Gasteiger partial charge in [-0.1, -0.05) is 18.2 Å². The van der Waals surface area contributed by atoms with Gasteiger partial charge in [-0.05, 0) is 42.7 Å². The number of carbonyl (C=O) groups is 2. The third-order valence-electron chi connectivity index (χ3n) is 5.03. The second kappa shape index (κ2) is 9.43. The zero-order chi connectivity index (χ0) is 20.8. The number of piperidine rings is 1. The standard InChI is InChI=1S/C22H26N2O5/c1-28-19-5-3-4-18(21(19)29-2)22(27)23-16-8-6-15(7-9-16)14-20(26)24-12-10-17(25)11-13-24/h3-9,17,25H,10-14H2,1-2H3,(H,23,27). The fourth-order valence-corrected chi connectivity index (χ4v) is 3.37. The van der Waals surface area contributed by atoms with E-state index >= 15 is 0 Å². The van der Waals surface area contributed by atoms with E-state index in [2.05, 4.69) is 5.32 Å². The molecule has 1 fully saturated rings. The van der Waals surface area contributed by atoms with Crippen molar-refractivity contribution in [2.24, 2.45) is 0 Å². The average Bonchev–Trinajstić information content (AvgIpc) is 2.74. The van der Waals surface area contributed by atoms with Crippen molar-refractivity contribution in [1.82, 2.24) is 4.90 Å². The predicted octanol–water partition coefficient (Wildman–Crippen LogP) is 2.48. The SMILES string of the molecule is COc1cccc(C(=O)Nc2ccc(CC(=O)N3CCC(O)CC3)cc2)c1OC. The Morgan fingerprint density at radius 1 is 1.07 bits per heavy atom. The van der Waals surface area contributed by atoms with Crippen LogP contribution in [0.1, 0.15) is 28.8 Å². The minimum absolute atomic E-state index is 0.0507. The highest BCUT2D eigenvalue weighted by Crippen LogP contribution is 2.31. The van der Waals surface area contributed by atoms with Crippen LogP contribution in [0.3, 0.4) is 0 Å².